The number of likely N-dealkylation sites (N-methyl/N-ethyl adjacent to an activating group) is 1. The van der Waals surface area contributed by atoms with Gasteiger partial charge in [0.1, 0.15) is 11.2 Å². The molecule has 2 aromatic carbocycles. The first kappa shape index (κ1) is 24.2. The minimum Gasteiger partial charge on any atom is -0.463 e. The van der Waals surface area contributed by atoms with E-state index < -0.39 is 5.97 Å². The van der Waals surface area contributed by atoms with E-state index in [9.17, 15) is 14.4 Å². The quantitative estimate of drug-likeness (QED) is 0.481. The van der Waals surface area contributed by atoms with Gasteiger partial charge >= 0.3 is 5.97 Å². The van der Waals surface area contributed by atoms with E-state index in [1.807, 2.05) is 68.4 Å². The molecular formula is C26H28N2O4S. The molecule has 1 aromatic heterocycles. The second kappa shape index (κ2) is 11.4. The molecule has 0 saturated carbocycles. The monoisotopic (exact) mass is 464 g/mol. The van der Waals surface area contributed by atoms with Crippen LogP contribution in [0, 0.1) is 0 Å². The van der Waals surface area contributed by atoms with Crippen molar-refractivity contribution in [3.8, 4) is 11.1 Å². The van der Waals surface area contributed by atoms with Crippen molar-refractivity contribution >= 4 is 35.4 Å². The first-order valence-electron chi connectivity index (χ1n) is 11.0. The van der Waals surface area contributed by atoms with Gasteiger partial charge in [-0.1, -0.05) is 54.6 Å². The molecule has 0 spiro atoms. The molecule has 6 nitrogen and oxygen atoms in total. The van der Waals surface area contributed by atoms with Gasteiger partial charge < -0.3 is 9.64 Å². The van der Waals surface area contributed by atoms with Crippen LogP contribution in [0.3, 0.4) is 0 Å². The molecule has 0 bridgehead atoms. The van der Waals surface area contributed by atoms with E-state index in [2.05, 4.69) is 0 Å². The first-order chi connectivity index (χ1) is 16.0. The van der Waals surface area contributed by atoms with Gasteiger partial charge in [-0.2, -0.15) is 0 Å². The maximum absolute atomic E-state index is 13.2. The van der Waals surface area contributed by atoms with Crippen molar-refractivity contribution in [1.29, 1.82) is 0 Å². The van der Waals surface area contributed by atoms with Gasteiger partial charge in [0.25, 0.3) is 5.56 Å². The van der Waals surface area contributed by atoms with Gasteiger partial charge in [-0.15, -0.1) is 11.3 Å². The standard InChI is InChI=1S/C26H28N2O4S/c1-4-27(5-2)23(29)18-28-24(17-25(30)32-6-3)33-22(26(28)31)16-19-12-14-21(15-13-19)20-10-8-7-9-11-20/h7-17H,4-6,18H2,1-3H3. The number of amides is 1. The minimum atomic E-state index is -0.540. The second-order valence-corrected chi connectivity index (χ2v) is 8.35. The summed E-state index contributed by atoms with van der Waals surface area (Å²) in [5.74, 6) is -0.710. The molecule has 33 heavy (non-hydrogen) atoms. The van der Waals surface area contributed by atoms with Gasteiger partial charge in [-0.3, -0.25) is 14.2 Å². The van der Waals surface area contributed by atoms with E-state index in [-0.39, 0.29) is 24.6 Å². The summed E-state index contributed by atoms with van der Waals surface area (Å²) >= 11 is 1.17. The highest BCUT2D eigenvalue weighted by Gasteiger charge is 2.14. The number of hydrogen-bond donors (Lipinski definition) is 0. The molecule has 1 amide bonds. The van der Waals surface area contributed by atoms with Crippen LogP contribution in [0.15, 0.2) is 59.4 Å². The number of benzene rings is 2. The van der Waals surface area contributed by atoms with Gasteiger partial charge in [0, 0.05) is 13.1 Å². The Bertz CT molecular complexity index is 1270. The molecule has 3 aromatic rings. The number of nitrogens with zero attached hydrogens (tertiary/aromatic N) is 2. The number of esters is 1. The third-order valence-electron chi connectivity index (χ3n) is 5.19. The van der Waals surface area contributed by atoms with Crippen LogP contribution >= 0.6 is 11.3 Å². The van der Waals surface area contributed by atoms with Crippen LogP contribution in [0.4, 0.5) is 0 Å². The lowest BCUT2D eigenvalue weighted by Gasteiger charge is -2.18. The summed E-state index contributed by atoms with van der Waals surface area (Å²) in [7, 11) is 0. The smallest absolute Gasteiger partial charge is 0.333 e. The largest absolute Gasteiger partial charge is 0.463 e. The predicted octanol–water partition coefficient (Wildman–Crippen LogP) is 2.62. The predicted molar refractivity (Wildman–Crippen MR) is 132 cm³/mol. The number of ether oxygens (including phenoxy) is 1. The summed E-state index contributed by atoms with van der Waals surface area (Å²) in [6.45, 7) is 6.72. The first-order valence-corrected chi connectivity index (χ1v) is 11.8. The molecule has 0 fully saturated rings. The molecule has 0 saturated heterocycles. The molecule has 3 rings (SSSR count). The highest BCUT2D eigenvalue weighted by molar-refractivity contribution is 7.07. The maximum Gasteiger partial charge on any atom is 0.333 e. The number of carbonyl (C=O) groups is 2. The Kier molecular flexibility index (Phi) is 8.38. The lowest BCUT2D eigenvalue weighted by atomic mass is 10.0. The van der Waals surface area contributed by atoms with Gasteiger partial charge in [0.15, 0.2) is 0 Å². The van der Waals surface area contributed by atoms with Crippen molar-refractivity contribution < 1.29 is 14.3 Å². The second-order valence-electron chi connectivity index (χ2n) is 7.29. The van der Waals surface area contributed by atoms with Crippen molar-refractivity contribution in [3.63, 3.8) is 0 Å². The highest BCUT2D eigenvalue weighted by Crippen LogP contribution is 2.19. The number of rotatable bonds is 8. The van der Waals surface area contributed by atoms with Crippen LogP contribution in [-0.4, -0.2) is 41.0 Å². The van der Waals surface area contributed by atoms with Crippen LogP contribution < -0.4 is 14.8 Å². The molecule has 1 heterocycles. The van der Waals surface area contributed by atoms with Crippen molar-refractivity contribution in [2.45, 2.75) is 27.3 Å². The fourth-order valence-electron chi connectivity index (χ4n) is 3.44. The Morgan fingerprint density at radius 2 is 1.61 bits per heavy atom. The molecule has 7 heteroatoms. The Morgan fingerprint density at radius 1 is 0.970 bits per heavy atom. The lowest BCUT2D eigenvalue weighted by Crippen LogP contribution is -2.40. The highest BCUT2D eigenvalue weighted by atomic mass is 32.1. The fourth-order valence-corrected chi connectivity index (χ4v) is 4.47. The number of thiazole rings is 1. The Balaban J connectivity index is 2.02. The molecular weight excluding hydrogens is 436 g/mol. The van der Waals surface area contributed by atoms with Crippen LogP contribution in [0.25, 0.3) is 23.3 Å². The van der Waals surface area contributed by atoms with E-state index in [4.69, 9.17) is 4.74 Å². The van der Waals surface area contributed by atoms with Gasteiger partial charge in [-0.05, 0) is 43.5 Å². The zero-order valence-electron chi connectivity index (χ0n) is 19.1. The number of aromatic nitrogens is 1. The molecule has 0 aliphatic carbocycles. The molecule has 0 radical (unpaired) electrons. The van der Waals surface area contributed by atoms with Crippen molar-refractivity contribution in [3.05, 3.63) is 79.7 Å². The topological polar surface area (TPSA) is 68.6 Å². The third kappa shape index (κ3) is 6.08. The van der Waals surface area contributed by atoms with E-state index in [0.717, 1.165) is 16.7 Å². The normalized spacial score (nSPS) is 12.1. The van der Waals surface area contributed by atoms with E-state index >= 15 is 0 Å². The van der Waals surface area contributed by atoms with Crippen molar-refractivity contribution in [2.75, 3.05) is 19.7 Å². The summed E-state index contributed by atoms with van der Waals surface area (Å²) in [6.07, 6.45) is 3.06. The number of carbonyl (C=O) groups excluding carboxylic acids is 2. The SMILES string of the molecule is CCOC(=O)C=c1sc(=Cc2ccc(-c3ccccc3)cc2)c(=O)n1CC(=O)N(CC)CC. The van der Waals surface area contributed by atoms with Crippen LogP contribution in [-0.2, 0) is 20.9 Å². The average molecular weight is 465 g/mol. The molecule has 172 valence electrons. The zero-order valence-corrected chi connectivity index (χ0v) is 19.9. The Labute approximate surface area is 197 Å². The van der Waals surface area contributed by atoms with E-state index in [0.29, 0.717) is 22.3 Å². The minimum absolute atomic E-state index is 0.122. The summed E-state index contributed by atoms with van der Waals surface area (Å²) in [5.41, 5.74) is 2.75. The molecule has 0 aliphatic rings. The Hall–Kier alpha value is -3.45. The number of hydrogen-bond acceptors (Lipinski definition) is 5. The lowest BCUT2D eigenvalue weighted by molar-refractivity contribution is -0.135. The summed E-state index contributed by atoms with van der Waals surface area (Å²) in [5, 5.41) is 0. The maximum atomic E-state index is 13.2. The summed E-state index contributed by atoms with van der Waals surface area (Å²) in [6, 6.07) is 17.9. The van der Waals surface area contributed by atoms with Crippen LogP contribution in [0.1, 0.15) is 26.3 Å². The van der Waals surface area contributed by atoms with E-state index in [1.165, 1.54) is 22.0 Å². The van der Waals surface area contributed by atoms with Crippen molar-refractivity contribution in [1.82, 2.24) is 9.47 Å². The van der Waals surface area contributed by atoms with E-state index in [1.54, 1.807) is 17.9 Å². The zero-order chi connectivity index (χ0) is 23.8. The molecule has 0 atom stereocenters. The van der Waals surface area contributed by atoms with Gasteiger partial charge in [-0.25, -0.2) is 4.79 Å². The fraction of sp³-hybridized carbons (Fsp3) is 0.269. The summed E-state index contributed by atoms with van der Waals surface area (Å²) in [4.78, 5) is 39.5. The van der Waals surface area contributed by atoms with Gasteiger partial charge in [0.2, 0.25) is 5.91 Å². The molecule has 0 unspecified atom stereocenters. The molecule has 0 N–H and O–H groups in total. The average Bonchev–Trinajstić information content (AvgIpc) is 3.09. The van der Waals surface area contributed by atoms with Gasteiger partial charge in [0.05, 0.1) is 17.2 Å². The third-order valence-corrected chi connectivity index (χ3v) is 6.25. The molecule has 0 aliphatic heterocycles. The Morgan fingerprint density at radius 3 is 2.21 bits per heavy atom. The van der Waals surface area contributed by atoms with Crippen molar-refractivity contribution in [2.24, 2.45) is 0 Å². The van der Waals surface area contributed by atoms with Crippen LogP contribution in [0.2, 0.25) is 0 Å². The van der Waals surface area contributed by atoms with Crippen LogP contribution in [0.5, 0.6) is 0 Å². The summed E-state index contributed by atoms with van der Waals surface area (Å²) < 4.78 is 7.21.